The van der Waals surface area contributed by atoms with Crippen molar-refractivity contribution in [3.05, 3.63) is 29.3 Å². The van der Waals surface area contributed by atoms with E-state index >= 15 is 0 Å². The molecule has 1 atom stereocenters. The van der Waals surface area contributed by atoms with E-state index in [1.165, 1.54) is 6.92 Å². The monoisotopic (exact) mass is 381 g/mol. The lowest BCUT2D eigenvalue weighted by Gasteiger charge is -2.37. The minimum Gasteiger partial charge on any atom is -0.492 e. The zero-order valence-corrected chi connectivity index (χ0v) is 16.5. The van der Waals surface area contributed by atoms with Crippen molar-refractivity contribution in [2.45, 2.75) is 26.8 Å². The standard InChI is InChI=1S/C19H28ClN3O3/c1-14(2)18(21-15(3)24)19(25)23-10-8-22(9-11-23)12-13-26-17-6-4-16(20)5-7-17/h4-7,14,18H,8-13H2,1-3H3,(H,21,24). The van der Waals surface area contributed by atoms with Crippen molar-refractivity contribution in [1.29, 1.82) is 0 Å². The molecule has 0 aromatic heterocycles. The van der Waals surface area contributed by atoms with Crippen LogP contribution in [0.1, 0.15) is 20.8 Å². The number of rotatable bonds is 7. The maximum Gasteiger partial charge on any atom is 0.245 e. The maximum atomic E-state index is 12.7. The quantitative estimate of drug-likeness (QED) is 0.785. The molecule has 2 amide bonds. The molecule has 0 spiro atoms. The largest absolute Gasteiger partial charge is 0.492 e. The molecule has 0 aliphatic carbocycles. The fourth-order valence-electron chi connectivity index (χ4n) is 2.94. The van der Waals surface area contributed by atoms with Gasteiger partial charge in [0.25, 0.3) is 0 Å². The molecule has 1 N–H and O–H groups in total. The minimum absolute atomic E-state index is 0.00673. The molecule has 1 aliphatic heterocycles. The summed E-state index contributed by atoms with van der Waals surface area (Å²) in [6.07, 6.45) is 0. The fraction of sp³-hybridized carbons (Fsp3) is 0.579. The van der Waals surface area contributed by atoms with Crippen molar-refractivity contribution in [1.82, 2.24) is 15.1 Å². The van der Waals surface area contributed by atoms with Gasteiger partial charge < -0.3 is 15.0 Å². The Morgan fingerprint density at radius 1 is 1.15 bits per heavy atom. The highest BCUT2D eigenvalue weighted by Gasteiger charge is 2.29. The van der Waals surface area contributed by atoms with Crippen LogP contribution in [-0.4, -0.2) is 67.0 Å². The summed E-state index contributed by atoms with van der Waals surface area (Å²) in [6, 6.07) is 6.87. The van der Waals surface area contributed by atoms with Crippen LogP contribution in [-0.2, 0) is 9.59 Å². The Balaban J connectivity index is 1.74. The minimum atomic E-state index is -0.452. The lowest BCUT2D eigenvalue weighted by Crippen LogP contribution is -2.56. The smallest absolute Gasteiger partial charge is 0.245 e. The van der Waals surface area contributed by atoms with Crippen LogP contribution >= 0.6 is 11.6 Å². The van der Waals surface area contributed by atoms with E-state index in [4.69, 9.17) is 16.3 Å². The molecule has 1 heterocycles. The van der Waals surface area contributed by atoms with E-state index in [2.05, 4.69) is 10.2 Å². The zero-order chi connectivity index (χ0) is 19.1. The summed E-state index contributed by atoms with van der Waals surface area (Å²) in [7, 11) is 0. The predicted octanol–water partition coefficient (Wildman–Crippen LogP) is 2.02. The second kappa shape index (κ2) is 9.78. The first-order valence-electron chi connectivity index (χ1n) is 9.03. The van der Waals surface area contributed by atoms with E-state index < -0.39 is 6.04 Å². The van der Waals surface area contributed by atoms with Gasteiger partial charge in [0.15, 0.2) is 0 Å². The van der Waals surface area contributed by atoms with Crippen LogP contribution in [0.2, 0.25) is 5.02 Å². The Morgan fingerprint density at radius 2 is 1.77 bits per heavy atom. The number of carbonyl (C=O) groups excluding carboxylic acids is 2. The van der Waals surface area contributed by atoms with Gasteiger partial charge in [-0.15, -0.1) is 0 Å². The molecule has 1 aromatic carbocycles. The van der Waals surface area contributed by atoms with Gasteiger partial charge in [0.2, 0.25) is 11.8 Å². The number of halogens is 1. The van der Waals surface area contributed by atoms with E-state index in [0.717, 1.165) is 25.4 Å². The molecule has 1 aliphatic rings. The molecule has 0 radical (unpaired) electrons. The Kier molecular flexibility index (Phi) is 7.72. The topological polar surface area (TPSA) is 61.9 Å². The molecule has 1 fully saturated rings. The Morgan fingerprint density at radius 3 is 2.31 bits per heavy atom. The van der Waals surface area contributed by atoms with E-state index in [1.54, 1.807) is 0 Å². The Hall–Kier alpha value is -1.79. The lowest BCUT2D eigenvalue weighted by molar-refractivity contribution is -0.138. The Labute approximate surface area is 160 Å². The van der Waals surface area contributed by atoms with Crippen LogP contribution in [0.25, 0.3) is 0 Å². The molecule has 1 unspecified atom stereocenters. The van der Waals surface area contributed by atoms with Crippen LogP contribution in [0.3, 0.4) is 0 Å². The third-order valence-electron chi connectivity index (χ3n) is 4.47. The van der Waals surface area contributed by atoms with Gasteiger partial charge in [0.05, 0.1) is 0 Å². The average molecular weight is 382 g/mol. The molecule has 0 bridgehead atoms. The predicted molar refractivity (Wildman–Crippen MR) is 102 cm³/mol. The number of piperazine rings is 1. The van der Waals surface area contributed by atoms with Gasteiger partial charge in [-0.1, -0.05) is 25.4 Å². The molecule has 6 nitrogen and oxygen atoms in total. The zero-order valence-electron chi connectivity index (χ0n) is 15.7. The summed E-state index contributed by atoms with van der Waals surface area (Å²) in [5.41, 5.74) is 0. The SMILES string of the molecule is CC(=O)NC(C(=O)N1CCN(CCOc2ccc(Cl)cc2)CC1)C(C)C. The first kappa shape index (κ1) is 20.5. The molecule has 1 aromatic rings. The maximum absolute atomic E-state index is 12.7. The lowest BCUT2D eigenvalue weighted by atomic mass is 10.0. The Bertz CT molecular complexity index is 599. The van der Waals surface area contributed by atoms with Gasteiger partial charge in [-0.05, 0) is 30.2 Å². The second-order valence-corrected chi connectivity index (χ2v) is 7.33. The number of nitrogens with zero attached hydrogens (tertiary/aromatic N) is 2. The number of benzene rings is 1. The number of hydrogen-bond acceptors (Lipinski definition) is 4. The molecular weight excluding hydrogens is 354 g/mol. The van der Waals surface area contributed by atoms with E-state index in [-0.39, 0.29) is 17.7 Å². The van der Waals surface area contributed by atoms with Crippen LogP contribution < -0.4 is 10.1 Å². The first-order chi connectivity index (χ1) is 12.4. The van der Waals surface area contributed by atoms with Crippen molar-refractivity contribution >= 4 is 23.4 Å². The van der Waals surface area contributed by atoms with Crippen molar-refractivity contribution in [2.24, 2.45) is 5.92 Å². The first-order valence-corrected chi connectivity index (χ1v) is 9.41. The van der Waals surface area contributed by atoms with Crippen LogP contribution in [0.4, 0.5) is 0 Å². The summed E-state index contributed by atoms with van der Waals surface area (Å²) in [6.45, 7) is 9.69. The fourth-order valence-corrected chi connectivity index (χ4v) is 3.07. The number of hydrogen-bond donors (Lipinski definition) is 1. The number of carbonyl (C=O) groups is 2. The molecule has 7 heteroatoms. The van der Waals surface area contributed by atoms with Crippen molar-refractivity contribution in [3.8, 4) is 5.75 Å². The average Bonchev–Trinajstić information content (AvgIpc) is 2.61. The van der Waals surface area contributed by atoms with Crippen LogP contribution in [0.15, 0.2) is 24.3 Å². The molecule has 2 rings (SSSR count). The molecule has 26 heavy (non-hydrogen) atoms. The third-order valence-corrected chi connectivity index (χ3v) is 4.72. The van der Waals surface area contributed by atoms with Gasteiger partial charge in [0.1, 0.15) is 18.4 Å². The second-order valence-electron chi connectivity index (χ2n) is 6.89. The molecule has 0 saturated carbocycles. The summed E-state index contributed by atoms with van der Waals surface area (Å²) < 4.78 is 5.72. The number of amides is 2. The highest BCUT2D eigenvalue weighted by Crippen LogP contribution is 2.15. The van der Waals surface area contributed by atoms with Crippen molar-refractivity contribution in [3.63, 3.8) is 0 Å². The van der Waals surface area contributed by atoms with Crippen LogP contribution in [0, 0.1) is 5.92 Å². The third kappa shape index (κ3) is 6.18. The van der Waals surface area contributed by atoms with Crippen molar-refractivity contribution in [2.75, 3.05) is 39.3 Å². The molecule has 144 valence electrons. The van der Waals surface area contributed by atoms with E-state index in [0.29, 0.717) is 24.7 Å². The van der Waals surface area contributed by atoms with E-state index in [9.17, 15) is 9.59 Å². The van der Waals surface area contributed by atoms with Gasteiger partial charge in [-0.2, -0.15) is 0 Å². The van der Waals surface area contributed by atoms with Gasteiger partial charge in [-0.3, -0.25) is 14.5 Å². The molecule has 1 saturated heterocycles. The summed E-state index contributed by atoms with van der Waals surface area (Å²) in [5, 5.41) is 3.46. The summed E-state index contributed by atoms with van der Waals surface area (Å²) >= 11 is 5.86. The van der Waals surface area contributed by atoms with Crippen molar-refractivity contribution < 1.29 is 14.3 Å². The number of nitrogens with one attached hydrogen (secondary N) is 1. The summed E-state index contributed by atoms with van der Waals surface area (Å²) in [4.78, 5) is 28.1. The van der Waals surface area contributed by atoms with Gasteiger partial charge in [-0.25, -0.2) is 0 Å². The van der Waals surface area contributed by atoms with Crippen LogP contribution in [0.5, 0.6) is 5.75 Å². The highest BCUT2D eigenvalue weighted by molar-refractivity contribution is 6.30. The summed E-state index contributed by atoms with van der Waals surface area (Å²) in [5.74, 6) is 0.706. The van der Waals surface area contributed by atoms with Gasteiger partial charge in [0, 0.05) is 44.7 Å². The van der Waals surface area contributed by atoms with E-state index in [1.807, 2.05) is 43.0 Å². The number of ether oxygens (including phenoxy) is 1. The normalized spacial score (nSPS) is 16.4. The molecular formula is C19H28ClN3O3. The highest BCUT2D eigenvalue weighted by atomic mass is 35.5. The van der Waals surface area contributed by atoms with Gasteiger partial charge >= 0.3 is 0 Å².